The summed E-state index contributed by atoms with van der Waals surface area (Å²) in [5.41, 5.74) is 0. The van der Waals surface area contributed by atoms with Crippen LogP contribution in [0.2, 0.25) is 0 Å². The molecule has 0 amide bonds. The van der Waals surface area contributed by atoms with Crippen LogP contribution in [-0.2, 0) is 9.47 Å². The number of ether oxygens (including phenoxy) is 2. The Balaban J connectivity index is -0.0000000514. The molecule has 0 bridgehead atoms. The summed E-state index contributed by atoms with van der Waals surface area (Å²) < 4.78 is 9.86. The van der Waals surface area contributed by atoms with Crippen molar-refractivity contribution < 1.29 is 9.47 Å². The molecule has 1 aliphatic rings. The molecule has 0 saturated carbocycles. The van der Waals surface area contributed by atoms with Crippen molar-refractivity contribution in [3.63, 3.8) is 0 Å². The van der Waals surface area contributed by atoms with Crippen LogP contribution < -0.4 is 0 Å². The van der Waals surface area contributed by atoms with Crippen molar-refractivity contribution in [1.82, 2.24) is 0 Å². The summed E-state index contributed by atoms with van der Waals surface area (Å²) in [6, 6.07) is 0. The zero-order valence-corrected chi connectivity index (χ0v) is 13.8. The maximum Gasteiger partial charge on any atom is 0.155 e. The van der Waals surface area contributed by atoms with Gasteiger partial charge in [0, 0.05) is 7.05 Å². The van der Waals surface area contributed by atoms with Crippen LogP contribution in [0.5, 0.6) is 0 Å². The maximum atomic E-state index is 4.93. The highest BCUT2D eigenvalue weighted by Gasteiger charge is 2.07. The van der Waals surface area contributed by atoms with Crippen LogP contribution in [0.25, 0.3) is 0 Å². The second-order valence-electron chi connectivity index (χ2n) is 3.75. The third-order valence-corrected chi connectivity index (χ3v) is 2.44. The standard InChI is InChI=1S/C6H14.C4H8O2.C3H7N.C2H6.2CH4/c1-4-6(3)5-2;1-4-5-2-3-6-4;1-3-4-2;1-2;;/h6H,4-5H2,1-3H3;4H,2-3H2,1H3;3H,1-2H3;1-2H3;2*1H4. The molecule has 0 spiro atoms. The SMILES string of the molecule is C.C.CC.CC1OCCO1.CC=NC.CCC(C)CC. The third kappa shape index (κ3) is 36.0. The van der Waals surface area contributed by atoms with Gasteiger partial charge in [0.1, 0.15) is 0 Å². The Hall–Kier alpha value is -0.410. The molecule has 128 valence electrons. The largest absolute Gasteiger partial charge is 0.351 e. The molecule has 1 fully saturated rings. The highest BCUT2D eigenvalue weighted by molar-refractivity contribution is 5.52. The minimum Gasteiger partial charge on any atom is -0.351 e. The normalized spacial score (nSPS) is 12.8. The lowest BCUT2D eigenvalue weighted by Crippen LogP contribution is -1.97. The number of hydrogen-bond acceptors (Lipinski definition) is 3. The number of rotatable bonds is 2. The minimum absolute atomic E-state index is 0. The second kappa shape index (κ2) is 31.1. The minimum atomic E-state index is 0. The topological polar surface area (TPSA) is 30.8 Å². The molecule has 0 aliphatic carbocycles. The van der Waals surface area contributed by atoms with Crippen LogP contribution in [0.15, 0.2) is 4.99 Å². The van der Waals surface area contributed by atoms with Gasteiger partial charge in [0.05, 0.1) is 13.2 Å². The van der Waals surface area contributed by atoms with Gasteiger partial charge >= 0.3 is 0 Å². The van der Waals surface area contributed by atoms with E-state index in [9.17, 15) is 0 Å². The lowest BCUT2D eigenvalue weighted by atomic mass is 10.1. The first-order valence-electron chi connectivity index (χ1n) is 7.22. The molecule has 3 heteroatoms. The van der Waals surface area contributed by atoms with E-state index in [1.165, 1.54) is 12.8 Å². The first kappa shape index (κ1) is 31.8. The van der Waals surface area contributed by atoms with E-state index in [1.807, 2.05) is 27.7 Å². The zero-order chi connectivity index (χ0) is 14.8. The van der Waals surface area contributed by atoms with E-state index >= 15 is 0 Å². The van der Waals surface area contributed by atoms with Crippen molar-refractivity contribution in [3.8, 4) is 0 Å². The molecule has 0 unspecified atom stereocenters. The molecule has 1 aliphatic heterocycles. The average Bonchev–Trinajstić information content (AvgIpc) is 2.92. The molecule has 3 nitrogen and oxygen atoms in total. The summed E-state index contributed by atoms with van der Waals surface area (Å²) in [4.78, 5) is 3.61. The van der Waals surface area contributed by atoms with Gasteiger partial charge in [-0.25, -0.2) is 0 Å². The molecule has 1 rings (SSSR count). The van der Waals surface area contributed by atoms with Crippen molar-refractivity contribution in [2.75, 3.05) is 20.3 Å². The summed E-state index contributed by atoms with van der Waals surface area (Å²) in [5.74, 6) is 0.935. The Kier molecular flexibility index (Phi) is 49.5. The van der Waals surface area contributed by atoms with E-state index in [1.54, 1.807) is 13.3 Å². The summed E-state index contributed by atoms with van der Waals surface area (Å²) in [6.07, 6.45) is 4.46. The quantitative estimate of drug-likeness (QED) is 0.600. The van der Waals surface area contributed by atoms with Gasteiger partial charge in [-0.15, -0.1) is 0 Å². The van der Waals surface area contributed by atoms with Crippen molar-refractivity contribution in [1.29, 1.82) is 0 Å². The monoisotopic (exact) mass is 293 g/mol. The fraction of sp³-hybridized carbons (Fsp3) is 0.941. The van der Waals surface area contributed by atoms with Crippen molar-refractivity contribution in [2.24, 2.45) is 10.9 Å². The van der Waals surface area contributed by atoms with Crippen LogP contribution in [0.3, 0.4) is 0 Å². The molecular weight excluding hydrogens is 250 g/mol. The van der Waals surface area contributed by atoms with Gasteiger partial charge in [0.25, 0.3) is 0 Å². The Morgan fingerprint density at radius 2 is 1.40 bits per heavy atom. The van der Waals surface area contributed by atoms with E-state index in [0.29, 0.717) is 0 Å². The van der Waals surface area contributed by atoms with Crippen LogP contribution in [0, 0.1) is 5.92 Å². The van der Waals surface area contributed by atoms with Gasteiger partial charge < -0.3 is 14.5 Å². The van der Waals surface area contributed by atoms with Gasteiger partial charge in [-0.05, 0) is 26.0 Å². The highest BCUT2D eigenvalue weighted by Crippen LogP contribution is 2.02. The number of aliphatic imine (C=N–C) groups is 1. The Bertz CT molecular complexity index is 136. The number of hydrogen-bond donors (Lipinski definition) is 0. The first-order valence-corrected chi connectivity index (χ1v) is 7.22. The van der Waals surface area contributed by atoms with Gasteiger partial charge in [0.2, 0.25) is 0 Å². The predicted octanol–water partition coefficient (Wildman–Crippen LogP) is 5.83. The van der Waals surface area contributed by atoms with E-state index < -0.39 is 0 Å². The lowest BCUT2D eigenvalue weighted by Gasteiger charge is -1.98. The molecule has 0 radical (unpaired) electrons. The molecule has 0 atom stereocenters. The molecular formula is C17H43NO2. The summed E-state index contributed by atoms with van der Waals surface area (Å²) >= 11 is 0. The van der Waals surface area contributed by atoms with Crippen molar-refractivity contribution in [3.05, 3.63) is 0 Å². The molecule has 0 aromatic heterocycles. The van der Waals surface area contributed by atoms with E-state index in [-0.39, 0.29) is 21.1 Å². The van der Waals surface area contributed by atoms with Crippen LogP contribution in [0.1, 0.15) is 76.2 Å². The molecule has 0 N–H and O–H groups in total. The van der Waals surface area contributed by atoms with E-state index in [0.717, 1.165) is 19.1 Å². The summed E-state index contributed by atoms with van der Waals surface area (Å²) in [7, 11) is 1.75. The van der Waals surface area contributed by atoms with Crippen LogP contribution >= 0.6 is 0 Å². The summed E-state index contributed by atoms with van der Waals surface area (Å²) in [5, 5.41) is 0. The maximum absolute atomic E-state index is 4.93. The Labute approximate surface area is 130 Å². The Morgan fingerprint density at radius 1 is 1.10 bits per heavy atom. The van der Waals surface area contributed by atoms with Gasteiger partial charge in [0.15, 0.2) is 6.29 Å². The van der Waals surface area contributed by atoms with Gasteiger partial charge in [-0.2, -0.15) is 0 Å². The van der Waals surface area contributed by atoms with Gasteiger partial charge in [-0.1, -0.05) is 62.3 Å². The van der Waals surface area contributed by atoms with Crippen molar-refractivity contribution >= 4 is 6.21 Å². The fourth-order valence-electron chi connectivity index (χ4n) is 0.765. The smallest absolute Gasteiger partial charge is 0.155 e. The fourth-order valence-corrected chi connectivity index (χ4v) is 0.765. The first-order chi connectivity index (χ1) is 8.62. The van der Waals surface area contributed by atoms with Gasteiger partial charge in [-0.3, -0.25) is 0 Å². The van der Waals surface area contributed by atoms with E-state index in [4.69, 9.17) is 9.47 Å². The second-order valence-corrected chi connectivity index (χ2v) is 3.75. The predicted molar refractivity (Wildman–Crippen MR) is 96.0 cm³/mol. The van der Waals surface area contributed by atoms with Crippen LogP contribution in [-0.4, -0.2) is 32.8 Å². The molecule has 1 heterocycles. The molecule has 0 aromatic rings. The van der Waals surface area contributed by atoms with Crippen LogP contribution in [0.4, 0.5) is 0 Å². The summed E-state index contributed by atoms with van der Waals surface area (Å²) in [6.45, 7) is 16.1. The molecule has 0 aromatic carbocycles. The molecule has 1 saturated heterocycles. The Morgan fingerprint density at radius 3 is 1.45 bits per heavy atom. The van der Waals surface area contributed by atoms with E-state index in [2.05, 4.69) is 25.8 Å². The average molecular weight is 294 g/mol. The van der Waals surface area contributed by atoms with Crippen molar-refractivity contribution in [2.45, 2.75) is 82.5 Å². The highest BCUT2D eigenvalue weighted by atomic mass is 16.7. The zero-order valence-electron chi connectivity index (χ0n) is 13.8. The lowest BCUT2D eigenvalue weighted by molar-refractivity contribution is -0.0254. The number of nitrogens with zero attached hydrogens (tertiary/aromatic N) is 1. The third-order valence-electron chi connectivity index (χ3n) is 2.44. The molecule has 20 heavy (non-hydrogen) atoms.